The Morgan fingerprint density at radius 2 is 1.52 bits per heavy atom. The number of rotatable bonds is 8. The molecule has 2 rings (SSSR count). The number of benzene rings is 2. The Morgan fingerprint density at radius 3 is 2.09 bits per heavy atom. The van der Waals surface area contributed by atoms with Gasteiger partial charge in [0.05, 0.1) is 18.8 Å². The van der Waals surface area contributed by atoms with Crippen molar-refractivity contribution in [3.05, 3.63) is 71.3 Å². The van der Waals surface area contributed by atoms with Crippen LogP contribution in [0.15, 0.2) is 54.6 Å². The topological polar surface area (TPSA) is 83.6 Å². The summed E-state index contributed by atoms with van der Waals surface area (Å²) in [7, 11) is 0. The van der Waals surface area contributed by atoms with Crippen LogP contribution in [0.2, 0.25) is 0 Å². The van der Waals surface area contributed by atoms with Crippen molar-refractivity contribution in [3.63, 3.8) is 0 Å². The second kappa shape index (κ2) is 8.02. The van der Waals surface area contributed by atoms with E-state index in [1.165, 1.54) is 0 Å². The third kappa shape index (κ3) is 4.99. The molecule has 0 aliphatic carbocycles. The second-order valence-corrected chi connectivity index (χ2v) is 5.96. The van der Waals surface area contributed by atoms with E-state index in [9.17, 15) is 15.0 Å². The quantitative estimate of drug-likeness (QED) is 0.648. The number of hydrogen-bond acceptors (Lipinski definition) is 4. The number of Topliss-reactive ketones (excluding diaryl/α,β-unsaturated/α-hetero) is 1. The van der Waals surface area contributed by atoms with Gasteiger partial charge in [-0.3, -0.25) is 4.79 Å². The van der Waals surface area contributed by atoms with Gasteiger partial charge in [-0.1, -0.05) is 54.6 Å². The molecular weight excluding hydrogens is 290 g/mol. The fourth-order valence-corrected chi connectivity index (χ4v) is 2.34. The number of aliphatic hydroxyl groups is 2. The molecule has 0 unspecified atom stereocenters. The van der Waals surface area contributed by atoms with Crippen molar-refractivity contribution >= 4 is 5.78 Å². The number of nitrogens with two attached hydrogens (primary N) is 1. The lowest BCUT2D eigenvalue weighted by molar-refractivity contribution is 0.0993. The lowest BCUT2D eigenvalue weighted by Crippen LogP contribution is -2.47. The lowest BCUT2D eigenvalue weighted by Gasteiger charge is -2.24. The molecule has 23 heavy (non-hydrogen) atoms. The van der Waals surface area contributed by atoms with Gasteiger partial charge >= 0.3 is 0 Å². The molecule has 0 aromatic heterocycles. The van der Waals surface area contributed by atoms with Gasteiger partial charge in [0.1, 0.15) is 0 Å². The predicted octanol–water partition coefficient (Wildman–Crippen LogP) is 1.73. The summed E-state index contributed by atoms with van der Waals surface area (Å²) in [5.74, 6) is 0.0849. The van der Waals surface area contributed by atoms with Crippen LogP contribution in [0, 0.1) is 0 Å². The van der Waals surface area contributed by atoms with Gasteiger partial charge in [-0.05, 0) is 24.0 Å². The zero-order valence-electron chi connectivity index (χ0n) is 13.1. The minimum Gasteiger partial charge on any atom is -0.394 e. The van der Waals surface area contributed by atoms with Gasteiger partial charge in [0.25, 0.3) is 0 Å². The Hall–Kier alpha value is -2.01. The number of carbonyl (C=O) groups is 1. The molecule has 0 heterocycles. The normalized spacial score (nSPS) is 11.4. The molecule has 4 N–H and O–H groups in total. The molecule has 4 heteroatoms. The Bertz CT molecular complexity index is 619. The van der Waals surface area contributed by atoms with E-state index in [2.05, 4.69) is 0 Å². The summed E-state index contributed by atoms with van der Waals surface area (Å²) in [5, 5.41) is 18.4. The van der Waals surface area contributed by atoms with E-state index in [4.69, 9.17) is 5.73 Å². The summed E-state index contributed by atoms with van der Waals surface area (Å²) >= 11 is 0. The summed E-state index contributed by atoms with van der Waals surface area (Å²) < 4.78 is 0. The van der Waals surface area contributed by atoms with Crippen molar-refractivity contribution in [2.45, 2.75) is 24.8 Å². The molecule has 0 atom stereocenters. The third-order valence-corrected chi connectivity index (χ3v) is 4.02. The first-order valence-corrected chi connectivity index (χ1v) is 7.73. The summed E-state index contributed by atoms with van der Waals surface area (Å²) in [5.41, 5.74) is 7.61. The van der Waals surface area contributed by atoms with Gasteiger partial charge in [-0.15, -0.1) is 0 Å². The van der Waals surface area contributed by atoms with E-state index < -0.39 is 5.54 Å². The van der Waals surface area contributed by atoms with Crippen molar-refractivity contribution in [2.24, 2.45) is 5.73 Å². The zero-order chi connectivity index (χ0) is 16.7. The van der Waals surface area contributed by atoms with Gasteiger partial charge in [-0.2, -0.15) is 0 Å². The van der Waals surface area contributed by atoms with Gasteiger partial charge < -0.3 is 15.9 Å². The summed E-state index contributed by atoms with van der Waals surface area (Å²) in [6.45, 7) is -0.506. The molecule has 122 valence electrons. The van der Waals surface area contributed by atoms with Crippen LogP contribution in [0.1, 0.15) is 27.9 Å². The highest BCUT2D eigenvalue weighted by Gasteiger charge is 2.22. The van der Waals surface area contributed by atoms with Crippen molar-refractivity contribution in [2.75, 3.05) is 13.2 Å². The largest absolute Gasteiger partial charge is 0.394 e. The Kier molecular flexibility index (Phi) is 6.04. The molecule has 0 spiro atoms. The number of aliphatic hydroxyl groups excluding tert-OH is 2. The van der Waals surface area contributed by atoms with Crippen LogP contribution in [0.4, 0.5) is 0 Å². The molecule has 0 bridgehead atoms. The van der Waals surface area contributed by atoms with E-state index in [0.29, 0.717) is 24.8 Å². The third-order valence-electron chi connectivity index (χ3n) is 4.02. The highest BCUT2D eigenvalue weighted by Crippen LogP contribution is 2.14. The van der Waals surface area contributed by atoms with Gasteiger partial charge in [0.2, 0.25) is 0 Å². The Balaban J connectivity index is 1.95. The highest BCUT2D eigenvalue weighted by atomic mass is 16.3. The first kappa shape index (κ1) is 17.3. The first-order chi connectivity index (χ1) is 11.1. The Morgan fingerprint density at radius 1 is 0.913 bits per heavy atom. The SMILES string of the molecule is NC(CO)(CO)CCc1ccc(C(=O)Cc2ccccc2)cc1. The van der Waals surface area contributed by atoms with E-state index in [1.54, 1.807) is 0 Å². The smallest absolute Gasteiger partial charge is 0.167 e. The molecule has 0 aliphatic heterocycles. The number of ketones is 1. The molecule has 2 aromatic rings. The van der Waals surface area contributed by atoms with Crippen LogP contribution in [0.5, 0.6) is 0 Å². The van der Waals surface area contributed by atoms with Crippen LogP contribution in [0.3, 0.4) is 0 Å². The molecule has 0 radical (unpaired) electrons. The molecule has 0 fully saturated rings. The van der Waals surface area contributed by atoms with Gasteiger partial charge in [-0.25, -0.2) is 0 Å². The van der Waals surface area contributed by atoms with Crippen LogP contribution >= 0.6 is 0 Å². The maximum atomic E-state index is 12.2. The first-order valence-electron chi connectivity index (χ1n) is 7.73. The predicted molar refractivity (Wildman–Crippen MR) is 90.3 cm³/mol. The van der Waals surface area contributed by atoms with Crippen molar-refractivity contribution in [1.29, 1.82) is 0 Å². The van der Waals surface area contributed by atoms with Gasteiger partial charge in [0.15, 0.2) is 5.78 Å². The Labute approximate surface area is 136 Å². The minimum atomic E-state index is -0.957. The summed E-state index contributed by atoms with van der Waals surface area (Å²) in [6.07, 6.45) is 1.52. The minimum absolute atomic E-state index is 0.0849. The maximum Gasteiger partial charge on any atom is 0.167 e. The molecule has 4 nitrogen and oxygen atoms in total. The van der Waals surface area contributed by atoms with Crippen molar-refractivity contribution in [1.82, 2.24) is 0 Å². The van der Waals surface area contributed by atoms with Gasteiger partial charge in [0, 0.05) is 12.0 Å². The van der Waals surface area contributed by atoms with Crippen LogP contribution in [-0.4, -0.2) is 34.7 Å². The monoisotopic (exact) mass is 313 g/mol. The molecule has 0 aliphatic rings. The number of hydrogen-bond donors (Lipinski definition) is 3. The van der Waals surface area contributed by atoms with Crippen LogP contribution in [0.25, 0.3) is 0 Å². The number of carbonyl (C=O) groups excluding carboxylic acids is 1. The van der Waals surface area contributed by atoms with E-state index in [0.717, 1.165) is 11.1 Å². The standard InChI is InChI=1S/C19H23NO3/c20-19(13-21,14-22)11-10-15-6-8-17(9-7-15)18(23)12-16-4-2-1-3-5-16/h1-9,21-22H,10-14,20H2. The molecule has 2 aromatic carbocycles. The summed E-state index contributed by atoms with van der Waals surface area (Å²) in [4.78, 5) is 12.2. The van der Waals surface area contributed by atoms with Crippen molar-refractivity contribution < 1.29 is 15.0 Å². The molecule has 0 amide bonds. The fraction of sp³-hybridized carbons (Fsp3) is 0.316. The number of aryl methyl sites for hydroxylation is 1. The molecular formula is C19H23NO3. The highest BCUT2D eigenvalue weighted by molar-refractivity contribution is 5.97. The maximum absolute atomic E-state index is 12.2. The van der Waals surface area contributed by atoms with E-state index in [1.807, 2.05) is 54.6 Å². The second-order valence-electron chi connectivity index (χ2n) is 5.96. The zero-order valence-corrected chi connectivity index (χ0v) is 13.1. The average Bonchev–Trinajstić information content (AvgIpc) is 2.61. The lowest BCUT2D eigenvalue weighted by atomic mass is 9.93. The fourth-order valence-electron chi connectivity index (χ4n) is 2.34. The van der Waals surface area contributed by atoms with Crippen LogP contribution in [-0.2, 0) is 12.8 Å². The van der Waals surface area contributed by atoms with Crippen molar-refractivity contribution in [3.8, 4) is 0 Å². The average molecular weight is 313 g/mol. The van der Waals surface area contributed by atoms with Crippen LogP contribution < -0.4 is 5.73 Å². The molecule has 0 saturated heterocycles. The van der Waals surface area contributed by atoms with E-state index in [-0.39, 0.29) is 19.0 Å². The molecule has 0 saturated carbocycles. The van der Waals surface area contributed by atoms with E-state index >= 15 is 0 Å². The summed E-state index contributed by atoms with van der Waals surface area (Å²) in [6, 6.07) is 17.1.